The van der Waals surface area contributed by atoms with Crippen molar-refractivity contribution in [2.75, 3.05) is 26.2 Å². The minimum atomic E-state index is -0.792. The van der Waals surface area contributed by atoms with Crippen LogP contribution >= 0.6 is 0 Å². The van der Waals surface area contributed by atoms with Crippen LogP contribution in [0.3, 0.4) is 0 Å². The van der Waals surface area contributed by atoms with Crippen molar-refractivity contribution in [3.8, 4) is 0 Å². The van der Waals surface area contributed by atoms with E-state index < -0.39 is 11.9 Å². The van der Waals surface area contributed by atoms with E-state index in [1.807, 2.05) is 4.90 Å². The minimum absolute atomic E-state index is 0.00459. The predicted octanol–water partition coefficient (Wildman–Crippen LogP) is -0.573. The molecule has 0 aromatic rings. The van der Waals surface area contributed by atoms with Crippen molar-refractivity contribution in [1.82, 2.24) is 4.90 Å². The molecule has 0 aromatic carbocycles. The summed E-state index contributed by atoms with van der Waals surface area (Å²) in [5.41, 5.74) is 4.99. The Balaban J connectivity index is 2.24. The molecule has 16 heavy (non-hydrogen) atoms. The summed E-state index contributed by atoms with van der Waals surface area (Å²) in [6.45, 7) is 2.05. The van der Waals surface area contributed by atoms with Crippen molar-refractivity contribution in [3.05, 3.63) is 0 Å². The van der Waals surface area contributed by atoms with Gasteiger partial charge in [0, 0.05) is 13.1 Å². The highest BCUT2D eigenvalue weighted by Gasteiger charge is 2.20. The maximum atomic E-state index is 10.5. The van der Waals surface area contributed by atoms with E-state index >= 15 is 0 Å². The molecule has 6 heteroatoms. The molecule has 1 aliphatic heterocycles. The standard InChI is InChI=1S/C10H18N2O4/c11-9(13)7-16-8-2-1-4-12(6-8)5-3-10(14)15/h8H,1-7H2,(H2,11,13)(H,14,15). The lowest BCUT2D eigenvalue weighted by atomic mass is 10.1. The summed E-state index contributed by atoms with van der Waals surface area (Å²) in [5, 5.41) is 8.57. The molecule has 1 heterocycles. The number of nitrogens with two attached hydrogens (primary N) is 1. The van der Waals surface area contributed by atoms with Crippen molar-refractivity contribution in [3.63, 3.8) is 0 Å². The number of carboxylic acids is 1. The average Bonchev–Trinajstić information content (AvgIpc) is 2.24. The molecule has 92 valence electrons. The van der Waals surface area contributed by atoms with Gasteiger partial charge >= 0.3 is 5.97 Å². The monoisotopic (exact) mass is 230 g/mol. The van der Waals surface area contributed by atoms with E-state index in [1.165, 1.54) is 0 Å². The third-order valence-corrected chi connectivity index (χ3v) is 2.57. The first-order chi connectivity index (χ1) is 7.58. The number of piperidine rings is 1. The molecule has 1 amide bonds. The fourth-order valence-corrected chi connectivity index (χ4v) is 1.81. The van der Waals surface area contributed by atoms with E-state index in [9.17, 15) is 9.59 Å². The predicted molar refractivity (Wildman–Crippen MR) is 56.9 cm³/mol. The number of carboxylic acid groups (broad SMARTS) is 1. The molecule has 1 fully saturated rings. The zero-order chi connectivity index (χ0) is 12.0. The highest BCUT2D eigenvalue weighted by atomic mass is 16.5. The number of primary amides is 1. The van der Waals surface area contributed by atoms with Gasteiger partial charge in [-0.25, -0.2) is 0 Å². The van der Waals surface area contributed by atoms with Gasteiger partial charge in [0.25, 0.3) is 0 Å². The Morgan fingerprint density at radius 1 is 1.50 bits per heavy atom. The van der Waals surface area contributed by atoms with Crippen molar-refractivity contribution in [2.24, 2.45) is 5.73 Å². The summed E-state index contributed by atoms with van der Waals surface area (Å²) >= 11 is 0. The molecule has 0 radical (unpaired) electrons. The highest BCUT2D eigenvalue weighted by Crippen LogP contribution is 2.13. The molecule has 0 aliphatic carbocycles. The van der Waals surface area contributed by atoms with Crippen LogP contribution in [0.1, 0.15) is 19.3 Å². The number of rotatable bonds is 6. The first kappa shape index (κ1) is 12.9. The second-order valence-electron chi connectivity index (χ2n) is 3.99. The lowest BCUT2D eigenvalue weighted by Gasteiger charge is -2.31. The largest absolute Gasteiger partial charge is 0.481 e. The highest BCUT2D eigenvalue weighted by molar-refractivity contribution is 5.75. The van der Waals surface area contributed by atoms with E-state index in [1.54, 1.807) is 0 Å². The first-order valence-electron chi connectivity index (χ1n) is 5.42. The fraction of sp³-hybridized carbons (Fsp3) is 0.800. The summed E-state index contributed by atoms with van der Waals surface area (Å²) in [7, 11) is 0. The Labute approximate surface area is 94.3 Å². The van der Waals surface area contributed by atoms with Gasteiger partial charge in [0.2, 0.25) is 5.91 Å². The van der Waals surface area contributed by atoms with Crippen molar-refractivity contribution in [2.45, 2.75) is 25.4 Å². The second kappa shape index (κ2) is 6.44. The van der Waals surface area contributed by atoms with Crippen molar-refractivity contribution in [1.29, 1.82) is 0 Å². The zero-order valence-electron chi connectivity index (χ0n) is 9.22. The molecule has 6 nitrogen and oxygen atoms in total. The molecule has 3 N–H and O–H groups in total. The lowest BCUT2D eigenvalue weighted by molar-refractivity contribution is -0.137. The Morgan fingerprint density at radius 3 is 2.88 bits per heavy atom. The number of aliphatic carboxylic acids is 1. The molecule has 0 aromatic heterocycles. The molecule has 0 spiro atoms. The van der Waals surface area contributed by atoms with Gasteiger partial charge in [0.05, 0.1) is 12.5 Å². The number of hydrogen-bond donors (Lipinski definition) is 2. The number of ether oxygens (including phenoxy) is 1. The van der Waals surface area contributed by atoms with Gasteiger partial charge < -0.3 is 20.5 Å². The van der Waals surface area contributed by atoms with Gasteiger partial charge in [-0.05, 0) is 19.4 Å². The first-order valence-corrected chi connectivity index (χ1v) is 5.42. The van der Waals surface area contributed by atoms with E-state index in [4.69, 9.17) is 15.6 Å². The Hall–Kier alpha value is -1.14. The van der Waals surface area contributed by atoms with Crippen molar-refractivity contribution >= 4 is 11.9 Å². The Bertz CT molecular complexity index is 233. The number of nitrogens with zero attached hydrogens (tertiary/aromatic N) is 1. The van der Waals surface area contributed by atoms with E-state index in [0.717, 1.165) is 19.4 Å². The van der Waals surface area contributed by atoms with Crippen LogP contribution in [0.2, 0.25) is 0 Å². The van der Waals surface area contributed by atoms with Crippen molar-refractivity contribution < 1.29 is 19.4 Å². The van der Waals surface area contributed by atoms with Crippen LogP contribution in [0, 0.1) is 0 Å². The Kier molecular flexibility index (Phi) is 5.21. The average molecular weight is 230 g/mol. The molecule has 1 aliphatic rings. The SMILES string of the molecule is NC(=O)COC1CCCN(CCC(=O)O)C1. The van der Waals surface area contributed by atoms with E-state index in [2.05, 4.69) is 0 Å². The molecule has 0 saturated carbocycles. The quantitative estimate of drug-likeness (QED) is 0.637. The smallest absolute Gasteiger partial charge is 0.304 e. The molecule has 0 bridgehead atoms. The van der Waals surface area contributed by atoms with Crippen LogP contribution in [-0.2, 0) is 14.3 Å². The summed E-state index contributed by atoms with van der Waals surface area (Å²) in [6.07, 6.45) is 2.00. The van der Waals surface area contributed by atoms with Gasteiger partial charge in [-0.2, -0.15) is 0 Å². The molecule has 1 saturated heterocycles. The summed E-state index contributed by atoms with van der Waals surface area (Å²) in [6, 6.07) is 0. The number of likely N-dealkylation sites (tertiary alicyclic amines) is 1. The summed E-state index contributed by atoms with van der Waals surface area (Å²) in [4.78, 5) is 23.0. The number of carbonyl (C=O) groups is 2. The molecule has 1 rings (SSSR count). The van der Waals surface area contributed by atoms with Gasteiger partial charge in [-0.1, -0.05) is 0 Å². The van der Waals surface area contributed by atoms with Gasteiger partial charge in [-0.3, -0.25) is 9.59 Å². The fourth-order valence-electron chi connectivity index (χ4n) is 1.81. The van der Waals surface area contributed by atoms with Crippen LogP contribution in [0.4, 0.5) is 0 Å². The number of hydrogen-bond acceptors (Lipinski definition) is 4. The maximum Gasteiger partial charge on any atom is 0.304 e. The minimum Gasteiger partial charge on any atom is -0.481 e. The zero-order valence-corrected chi connectivity index (χ0v) is 9.22. The van der Waals surface area contributed by atoms with Crippen LogP contribution in [0.25, 0.3) is 0 Å². The number of carbonyl (C=O) groups excluding carboxylic acids is 1. The molecule has 1 atom stereocenters. The van der Waals surface area contributed by atoms with Crippen LogP contribution in [-0.4, -0.2) is 54.2 Å². The van der Waals surface area contributed by atoms with Gasteiger partial charge in [0.1, 0.15) is 6.61 Å². The van der Waals surface area contributed by atoms with Crippen LogP contribution < -0.4 is 5.73 Å². The Morgan fingerprint density at radius 2 is 2.25 bits per heavy atom. The van der Waals surface area contributed by atoms with Crippen LogP contribution in [0.5, 0.6) is 0 Å². The third kappa shape index (κ3) is 5.09. The van der Waals surface area contributed by atoms with E-state index in [-0.39, 0.29) is 19.1 Å². The third-order valence-electron chi connectivity index (χ3n) is 2.57. The summed E-state index contributed by atoms with van der Waals surface area (Å²) in [5.74, 6) is -1.26. The van der Waals surface area contributed by atoms with Gasteiger partial charge in [0.15, 0.2) is 0 Å². The van der Waals surface area contributed by atoms with E-state index in [0.29, 0.717) is 13.1 Å². The number of amides is 1. The van der Waals surface area contributed by atoms with Gasteiger partial charge in [-0.15, -0.1) is 0 Å². The second-order valence-corrected chi connectivity index (χ2v) is 3.99. The normalized spacial score (nSPS) is 21.9. The summed E-state index contributed by atoms with van der Waals surface area (Å²) < 4.78 is 5.32. The maximum absolute atomic E-state index is 10.5. The molecular formula is C10H18N2O4. The molecular weight excluding hydrogens is 212 g/mol. The topological polar surface area (TPSA) is 92.9 Å². The molecule has 1 unspecified atom stereocenters. The lowest BCUT2D eigenvalue weighted by Crippen LogP contribution is -2.41. The van der Waals surface area contributed by atoms with Crippen LogP contribution in [0.15, 0.2) is 0 Å².